The summed E-state index contributed by atoms with van der Waals surface area (Å²) in [5.74, 6) is -3.41. The average molecular weight is 667 g/mol. The van der Waals surface area contributed by atoms with Crippen molar-refractivity contribution in [3.05, 3.63) is 35.9 Å². The molecule has 2 fully saturated rings. The number of carbonyl (C=O) groups is 6. The van der Waals surface area contributed by atoms with Crippen molar-refractivity contribution in [3.63, 3.8) is 0 Å². The summed E-state index contributed by atoms with van der Waals surface area (Å²) in [6.07, 6.45) is 3.93. The van der Waals surface area contributed by atoms with Crippen molar-refractivity contribution < 1.29 is 28.8 Å². The lowest BCUT2D eigenvalue weighted by Crippen LogP contribution is -2.61. The molecule has 1 unspecified atom stereocenters. The number of ketones is 2. The number of carbonyl (C=O) groups excluding carboxylic acids is 6. The second-order valence-electron chi connectivity index (χ2n) is 13.4. The Kier molecular flexibility index (Phi) is 12.4. The summed E-state index contributed by atoms with van der Waals surface area (Å²) in [6.45, 7) is 8.74. The number of likely N-dealkylation sites (tertiary alicyclic amines) is 1. The maximum Gasteiger partial charge on any atom is 0.316 e. The first-order valence-corrected chi connectivity index (χ1v) is 16.3. The quantitative estimate of drug-likeness (QED) is 0.135. The van der Waals surface area contributed by atoms with Gasteiger partial charge >= 0.3 is 6.03 Å². The van der Waals surface area contributed by atoms with Gasteiger partial charge in [-0.3, -0.25) is 24.0 Å². The van der Waals surface area contributed by atoms with Crippen molar-refractivity contribution in [2.45, 2.75) is 102 Å². The summed E-state index contributed by atoms with van der Waals surface area (Å²) < 4.78 is 0. The SMILES string of the molecule is CC(C)[C@H](NC(=O)N[C@H](C(=O)N1C[C@H](Cl)[C@H](Cl)[C@H]1C(=O)NC(CCCC1CC1)C(=O)C(N)=O)C(C)(C)C)C(=O)c1ccccc1. The predicted molar refractivity (Wildman–Crippen MR) is 172 cm³/mol. The van der Waals surface area contributed by atoms with E-state index in [1.165, 1.54) is 4.90 Å². The molecule has 1 aromatic carbocycles. The molecule has 1 aliphatic heterocycles. The molecule has 5 amide bonds. The van der Waals surface area contributed by atoms with Crippen LogP contribution in [0.1, 0.15) is 77.1 Å². The van der Waals surface area contributed by atoms with E-state index in [-0.39, 0.29) is 24.7 Å². The van der Waals surface area contributed by atoms with Crippen LogP contribution < -0.4 is 21.7 Å². The van der Waals surface area contributed by atoms with Crippen molar-refractivity contribution in [1.82, 2.24) is 20.9 Å². The van der Waals surface area contributed by atoms with Gasteiger partial charge in [0.2, 0.25) is 17.6 Å². The van der Waals surface area contributed by atoms with Gasteiger partial charge in [-0.25, -0.2) is 4.79 Å². The van der Waals surface area contributed by atoms with Crippen LogP contribution in [0.5, 0.6) is 0 Å². The van der Waals surface area contributed by atoms with Gasteiger partial charge in [0, 0.05) is 12.1 Å². The third-order valence-corrected chi connectivity index (χ3v) is 9.35. The van der Waals surface area contributed by atoms with Crippen LogP contribution in [0.25, 0.3) is 0 Å². The van der Waals surface area contributed by atoms with E-state index in [9.17, 15) is 28.8 Å². The molecule has 0 aromatic heterocycles. The third-order valence-electron chi connectivity index (χ3n) is 8.27. The third kappa shape index (κ3) is 9.66. The molecule has 5 N–H and O–H groups in total. The van der Waals surface area contributed by atoms with Crippen molar-refractivity contribution in [2.75, 3.05) is 6.54 Å². The number of benzene rings is 1. The van der Waals surface area contributed by atoms with Gasteiger partial charge in [-0.05, 0) is 23.7 Å². The van der Waals surface area contributed by atoms with Crippen LogP contribution in [0.2, 0.25) is 0 Å². The molecule has 248 valence electrons. The van der Waals surface area contributed by atoms with Gasteiger partial charge in [0.25, 0.3) is 5.91 Å². The molecule has 3 rings (SSSR count). The Hall–Kier alpha value is -3.18. The van der Waals surface area contributed by atoms with E-state index in [2.05, 4.69) is 16.0 Å². The number of Topliss-reactive ketones (excluding diaryl/α,β-unsaturated/α-hetero) is 2. The molecule has 2 aliphatic rings. The van der Waals surface area contributed by atoms with Gasteiger partial charge in [0.1, 0.15) is 12.1 Å². The summed E-state index contributed by atoms with van der Waals surface area (Å²) >= 11 is 13.0. The predicted octanol–water partition coefficient (Wildman–Crippen LogP) is 3.15. The molecule has 1 aliphatic carbocycles. The first-order valence-electron chi connectivity index (χ1n) is 15.4. The summed E-state index contributed by atoms with van der Waals surface area (Å²) in [7, 11) is 0. The van der Waals surface area contributed by atoms with Crippen molar-refractivity contribution in [3.8, 4) is 0 Å². The zero-order valence-electron chi connectivity index (χ0n) is 26.5. The van der Waals surface area contributed by atoms with Crippen LogP contribution in [0.15, 0.2) is 30.3 Å². The van der Waals surface area contributed by atoms with Gasteiger partial charge < -0.3 is 26.6 Å². The first kappa shape index (κ1) is 36.3. The summed E-state index contributed by atoms with van der Waals surface area (Å²) in [5, 5.41) is 6.18. The number of nitrogens with zero attached hydrogens (tertiary/aromatic N) is 1. The summed E-state index contributed by atoms with van der Waals surface area (Å²) in [6, 6.07) is 3.37. The number of halogens is 2. The number of nitrogens with two attached hydrogens (primary N) is 1. The highest BCUT2D eigenvalue weighted by atomic mass is 35.5. The highest BCUT2D eigenvalue weighted by Crippen LogP contribution is 2.34. The molecule has 0 spiro atoms. The van der Waals surface area contributed by atoms with Crippen LogP contribution in [0.3, 0.4) is 0 Å². The van der Waals surface area contributed by atoms with Gasteiger partial charge in [0.05, 0.1) is 22.8 Å². The Labute approximate surface area is 274 Å². The second kappa shape index (κ2) is 15.4. The number of alkyl halides is 2. The molecule has 6 atom stereocenters. The normalized spacial score (nSPS) is 21.9. The van der Waals surface area contributed by atoms with Crippen molar-refractivity contribution >= 4 is 58.5 Å². The Bertz CT molecular complexity index is 1270. The molecule has 45 heavy (non-hydrogen) atoms. The fraction of sp³-hybridized carbons (Fsp3) is 0.625. The molecule has 1 saturated heterocycles. The number of hydrogen-bond donors (Lipinski definition) is 4. The van der Waals surface area contributed by atoms with Crippen LogP contribution >= 0.6 is 23.2 Å². The molecule has 0 bridgehead atoms. The smallest absolute Gasteiger partial charge is 0.316 e. The number of hydrogen-bond acceptors (Lipinski definition) is 6. The van der Waals surface area contributed by atoms with Crippen LogP contribution in [-0.4, -0.2) is 81.7 Å². The molecule has 13 heteroatoms. The maximum atomic E-state index is 14.1. The summed E-state index contributed by atoms with van der Waals surface area (Å²) in [5.41, 5.74) is 4.85. The van der Waals surface area contributed by atoms with Crippen molar-refractivity contribution in [2.24, 2.45) is 23.0 Å². The van der Waals surface area contributed by atoms with E-state index >= 15 is 0 Å². The lowest BCUT2D eigenvalue weighted by atomic mass is 9.85. The maximum absolute atomic E-state index is 14.1. The van der Waals surface area contributed by atoms with Crippen LogP contribution in [0, 0.1) is 17.3 Å². The zero-order chi connectivity index (χ0) is 33.6. The fourth-order valence-electron chi connectivity index (χ4n) is 5.45. The zero-order valence-corrected chi connectivity index (χ0v) is 28.0. The lowest BCUT2D eigenvalue weighted by Gasteiger charge is -2.36. The first-order chi connectivity index (χ1) is 21.0. The number of nitrogens with one attached hydrogen (secondary N) is 3. The molecular formula is C32H45Cl2N5O6. The standard InChI is InChI=1S/C32H45Cl2N5O6/c1-17(2)23(25(40)19-11-7-6-8-12-19)37-31(45)38-27(32(3,4)5)30(44)39-16-20(33)22(34)24(39)29(43)36-21(26(41)28(35)42)13-9-10-18-14-15-18/h6-8,11-12,17-18,20-24,27H,9-10,13-16H2,1-5H3,(H2,35,42)(H,36,43)(H2,37,38,45)/t20-,21?,22-,23-,24-,27+/m0/s1. The van der Waals surface area contributed by atoms with Crippen LogP contribution in [-0.2, 0) is 19.2 Å². The number of rotatable bonds is 14. The number of primary amides is 1. The number of amides is 5. The van der Waals surface area contributed by atoms with Gasteiger partial charge in [0.15, 0.2) is 5.78 Å². The molecule has 1 aromatic rings. The molecule has 11 nitrogen and oxygen atoms in total. The van der Waals surface area contributed by atoms with E-state index in [4.69, 9.17) is 28.9 Å². The number of urea groups is 1. The van der Waals surface area contributed by atoms with E-state index in [1.54, 1.807) is 65.0 Å². The minimum atomic E-state index is -1.29. The summed E-state index contributed by atoms with van der Waals surface area (Å²) in [4.78, 5) is 79.6. The van der Waals surface area contributed by atoms with Gasteiger partial charge in [-0.15, -0.1) is 23.2 Å². The van der Waals surface area contributed by atoms with Crippen molar-refractivity contribution in [1.29, 1.82) is 0 Å². The minimum Gasteiger partial charge on any atom is -0.363 e. The molecular weight excluding hydrogens is 621 g/mol. The average Bonchev–Trinajstić information content (AvgIpc) is 3.75. The Morgan fingerprint density at radius 2 is 1.60 bits per heavy atom. The lowest BCUT2D eigenvalue weighted by molar-refractivity contribution is -0.143. The molecule has 0 radical (unpaired) electrons. The van der Waals surface area contributed by atoms with E-state index < -0.39 is 69.9 Å². The van der Waals surface area contributed by atoms with Gasteiger partial charge in [-0.2, -0.15) is 0 Å². The van der Waals surface area contributed by atoms with E-state index in [0.717, 1.165) is 19.3 Å². The monoisotopic (exact) mass is 665 g/mol. The Morgan fingerprint density at radius 3 is 2.13 bits per heavy atom. The Morgan fingerprint density at radius 1 is 0.978 bits per heavy atom. The second-order valence-corrected chi connectivity index (χ2v) is 14.5. The largest absolute Gasteiger partial charge is 0.363 e. The van der Waals surface area contributed by atoms with Gasteiger partial charge in [-0.1, -0.05) is 90.6 Å². The van der Waals surface area contributed by atoms with Crippen LogP contribution in [0.4, 0.5) is 4.79 Å². The van der Waals surface area contributed by atoms with E-state index in [1.807, 2.05) is 0 Å². The Balaban J connectivity index is 1.78. The molecule has 1 saturated carbocycles. The highest BCUT2D eigenvalue weighted by Gasteiger charge is 2.50. The highest BCUT2D eigenvalue weighted by molar-refractivity contribution is 6.38. The topological polar surface area (TPSA) is 168 Å². The fourth-order valence-corrected chi connectivity index (χ4v) is 6.06. The van der Waals surface area contributed by atoms with E-state index in [0.29, 0.717) is 17.9 Å². The molecule has 1 heterocycles. The minimum absolute atomic E-state index is 0.0975.